The number of anilines is 4. The molecule has 0 aliphatic carbocycles. The van der Waals surface area contributed by atoms with Crippen LogP contribution in [0.1, 0.15) is 5.56 Å². The summed E-state index contributed by atoms with van der Waals surface area (Å²) in [5.74, 6) is 0.690. The Bertz CT molecular complexity index is 1280. The van der Waals surface area contributed by atoms with Gasteiger partial charge < -0.3 is 11.1 Å². The van der Waals surface area contributed by atoms with Gasteiger partial charge in [0.1, 0.15) is 11.6 Å². The SMILES string of the molecule is NC(=O)N(c1cccc(C(F)(F)F)c1)c1cc(-c2ccnc(Nc3ccccc3)c2)ccn1. The third-order valence-corrected chi connectivity index (χ3v) is 4.77. The molecule has 0 atom stereocenters. The number of hydrogen-bond donors (Lipinski definition) is 2. The molecule has 2 aromatic carbocycles. The fraction of sp³-hybridized carbons (Fsp3) is 0.0417. The van der Waals surface area contributed by atoms with Gasteiger partial charge in [0, 0.05) is 18.1 Å². The van der Waals surface area contributed by atoms with Crippen LogP contribution in [0.2, 0.25) is 0 Å². The Kier molecular flexibility index (Phi) is 5.95. The smallest absolute Gasteiger partial charge is 0.351 e. The maximum atomic E-state index is 13.2. The van der Waals surface area contributed by atoms with Crippen LogP contribution in [-0.4, -0.2) is 16.0 Å². The average Bonchev–Trinajstić information content (AvgIpc) is 2.80. The van der Waals surface area contributed by atoms with Crippen molar-refractivity contribution in [3.8, 4) is 11.1 Å². The number of aromatic nitrogens is 2. The molecule has 0 radical (unpaired) electrons. The molecule has 0 aliphatic heterocycles. The quantitative estimate of drug-likeness (QED) is 0.384. The lowest BCUT2D eigenvalue weighted by Gasteiger charge is -2.21. The van der Waals surface area contributed by atoms with E-state index < -0.39 is 17.8 Å². The number of primary amides is 1. The second-order valence-corrected chi connectivity index (χ2v) is 7.05. The van der Waals surface area contributed by atoms with Crippen LogP contribution in [0.15, 0.2) is 91.3 Å². The number of amides is 2. The summed E-state index contributed by atoms with van der Waals surface area (Å²) in [6.45, 7) is 0. The molecule has 2 amide bonds. The molecule has 0 bridgehead atoms. The summed E-state index contributed by atoms with van der Waals surface area (Å²) in [5.41, 5.74) is 6.88. The van der Waals surface area contributed by atoms with Crippen LogP contribution in [0.4, 0.5) is 41.0 Å². The molecule has 0 saturated heterocycles. The minimum Gasteiger partial charge on any atom is -0.351 e. The molecule has 166 valence electrons. The fourth-order valence-electron chi connectivity index (χ4n) is 3.26. The number of nitrogens with one attached hydrogen (secondary N) is 1. The standard InChI is InChI=1S/C24H18F3N5O/c25-24(26,27)18-5-4-8-20(15-18)32(23(28)33)22-14-17(10-12-30-22)16-9-11-29-21(13-16)31-19-6-2-1-3-7-19/h1-15H,(H2,28,33)(H,29,31). The molecule has 2 heterocycles. The van der Waals surface area contributed by atoms with Crippen LogP contribution in [0.5, 0.6) is 0 Å². The lowest BCUT2D eigenvalue weighted by molar-refractivity contribution is -0.137. The maximum Gasteiger partial charge on any atom is 0.416 e. The van der Waals surface area contributed by atoms with Crippen LogP contribution in [0, 0.1) is 0 Å². The van der Waals surface area contributed by atoms with Crippen molar-refractivity contribution in [3.05, 3.63) is 96.8 Å². The zero-order valence-electron chi connectivity index (χ0n) is 17.1. The van der Waals surface area contributed by atoms with E-state index in [0.29, 0.717) is 11.4 Å². The first-order valence-electron chi connectivity index (χ1n) is 9.82. The van der Waals surface area contributed by atoms with Crippen LogP contribution in [0.25, 0.3) is 11.1 Å². The Balaban J connectivity index is 1.68. The highest BCUT2D eigenvalue weighted by Crippen LogP contribution is 2.34. The molecule has 9 heteroatoms. The van der Waals surface area contributed by atoms with Crippen molar-refractivity contribution < 1.29 is 18.0 Å². The predicted molar refractivity (Wildman–Crippen MR) is 120 cm³/mol. The molecular formula is C24H18F3N5O. The van der Waals surface area contributed by atoms with Crippen LogP contribution in [-0.2, 0) is 6.18 Å². The molecule has 0 saturated carbocycles. The molecule has 6 nitrogen and oxygen atoms in total. The number of carbonyl (C=O) groups is 1. The Morgan fingerprint density at radius 2 is 1.55 bits per heavy atom. The average molecular weight is 449 g/mol. The molecular weight excluding hydrogens is 431 g/mol. The number of para-hydroxylation sites is 1. The number of carbonyl (C=O) groups excluding carboxylic acids is 1. The fourth-order valence-corrected chi connectivity index (χ4v) is 3.26. The predicted octanol–water partition coefficient (Wildman–Crippen LogP) is 6.12. The van der Waals surface area contributed by atoms with Crippen LogP contribution >= 0.6 is 0 Å². The number of urea groups is 1. The normalized spacial score (nSPS) is 11.1. The Morgan fingerprint density at radius 3 is 2.24 bits per heavy atom. The summed E-state index contributed by atoms with van der Waals surface area (Å²) in [6.07, 6.45) is -1.48. The van der Waals surface area contributed by atoms with E-state index in [1.165, 1.54) is 18.3 Å². The van der Waals surface area contributed by atoms with E-state index in [1.54, 1.807) is 24.4 Å². The van der Waals surface area contributed by atoms with Gasteiger partial charge in [-0.15, -0.1) is 0 Å². The summed E-state index contributed by atoms with van der Waals surface area (Å²) in [7, 11) is 0. The maximum absolute atomic E-state index is 13.2. The molecule has 4 rings (SSSR count). The molecule has 0 fully saturated rings. The number of pyridine rings is 2. The minimum atomic E-state index is -4.56. The number of halogens is 3. The Hall–Kier alpha value is -4.40. The van der Waals surface area contributed by atoms with Gasteiger partial charge in [-0.3, -0.25) is 0 Å². The number of hydrogen-bond acceptors (Lipinski definition) is 4. The highest BCUT2D eigenvalue weighted by atomic mass is 19.4. The van der Waals surface area contributed by atoms with Gasteiger partial charge in [-0.1, -0.05) is 24.3 Å². The largest absolute Gasteiger partial charge is 0.416 e. The van der Waals surface area contributed by atoms with Crippen molar-refractivity contribution in [2.45, 2.75) is 6.18 Å². The van der Waals surface area contributed by atoms with E-state index in [0.717, 1.165) is 28.3 Å². The van der Waals surface area contributed by atoms with Crippen LogP contribution in [0.3, 0.4) is 0 Å². The number of nitrogens with two attached hydrogens (primary N) is 1. The van der Waals surface area contributed by atoms with E-state index in [9.17, 15) is 18.0 Å². The van der Waals surface area contributed by atoms with Crippen molar-refractivity contribution in [1.29, 1.82) is 0 Å². The Labute approximate surface area is 187 Å². The summed E-state index contributed by atoms with van der Waals surface area (Å²) in [6, 6.07) is 19.8. The monoisotopic (exact) mass is 449 g/mol. The van der Waals surface area contributed by atoms with E-state index in [1.807, 2.05) is 36.4 Å². The highest BCUT2D eigenvalue weighted by Gasteiger charge is 2.31. The van der Waals surface area contributed by atoms with Gasteiger partial charge in [0.2, 0.25) is 0 Å². The van der Waals surface area contributed by atoms with E-state index in [-0.39, 0.29) is 11.5 Å². The second-order valence-electron chi connectivity index (χ2n) is 7.05. The van der Waals surface area contributed by atoms with Crippen LogP contribution < -0.4 is 16.0 Å². The third-order valence-electron chi connectivity index (χ3n) is 4.77. The van der Waals surface area contributed by atoms with E-state index >= 15 is 0 Å². The third kappa shape index (κ3) is 5.09. The van der Waals surface area contributed by atoms with Gasteiger partial charge in [0.25, 0.3) is 0 Å². The molecule has 0 aliphatic rings. The topological polar surface area (TPSA) is 84.1 Å². The first kappa shape index (κ1) is 21.8. The van der Waals surface area contributed by atoms with Crippen molar-refractivity contribution in [1.82, 2.24) is 9.97 Å². The molecule has 4 aromatic rings. The molecule has 2 aromatic heterocycles. The summed E-state index contributed by atoms with van der Waals surface area (Å²) < 4.78 is 39.5. The van der Waals surface area contributed by atoms with Crippen molar-refractivity contribution >= 4 is 29.0 Å². The molecule has 33 heavy (non-hydrogen) atoms. The summed E-state index contributed by atoms with van der Waals surface area (Å²) in [5, 5.41) is 3.20. The highest BCUT2D eigenvalue weighted by molar-refractivity contribution is 5.98. The van der Waals surface area contributed by atoms with Crippen molar-refractivity contribution in [2.75, 3.05) is 10.2 Å². The number of alkyl halides is 3. The molecule has 0 unspecified atom stereocenters. The number of rotatable bonds is 5. The lowest BCUT2D eigenvalue weighted by atomic mass is 10.1. The number of nitrogens with zero attached hydrogens (tertiary/aromatic N) is 3. The Morgan fingerprint density at radius 1 is 0.848 bits per heavy atom. The van der Waals surface area contributed by atoms with Gasteiger partial charge in [-0.05, 0) is 65.7 Å². The first-order valence-corrected chi connectivity index (χ1v) is 9.82. The number of benzene rings is 2. The van der Waals surface area contributed by atoms with E-state index in [4.69, 9.17) is 5.73 Å². The van der Waals surface area contributed by atoms with Gasteiger partial charge in [-0.2, -0.15) is 13.2 Å². The van der Waals surface area contributed by atoms with Crippen molar-refractivity contribution in [2.24, 2.45) is 5.73 Å². The van der Waals surface area contributed by atoms with Gasteiger partial charge in [0.15, 0.2) is 0 Å². The van der Waals surface area contributed by atoms with E-state index in [2.05, 4.69) is 15.3 Å². The molecule has 3 N–H and O–H groups in total. The summed E-state index contributed by atoms with van der Waals surface area (Å²) in [4.78, 5) is 21.6. The second kappa shape index (κ2) is 8.99. The summed E-state index contributed by atoms with van der Waals surface area (Å²) >= 11 is 0. The van der Waals surface area contributed by atoms with Crippen molar-refractivity contribution in [3.63, 3.8) is 0 Å². The first-order chi connectivity index (χ1) is 15.8. The van der Waals surface area contributed by atoms with Gasteiger partial charge >= 0.3 is 12.2 Å². The zero-order valence-corrected chi connectivity index (χ0v) is 17.1. The molecule has 0 spiro atoms. The van der Waals surface area contributed by atoms with Gasteiger partial charge in [-0.25, -0.2) is 19.7 Å². The zero-order chi connectivity index (χ0) is 23.4. The van der Waals surface area contributed by atoms with Gasteiger partial charge in [0.05, 0.1) is 11.3 Å². The minimum absolute atomic E-state index is 0.0388. The lowest BCUT2D eigenvalue weighted by Crippen LogP contribution is -2.32.